The van der Waals surface area contributed by atoms with E-state index in [9.17, 15) is 15.0 Å². The molecular weight excluding hydrogens is 208 g/mol. The van der Waals surface area contributed by atoms with Crippen molar-refractivity contribution in [3.05, 3.63) is 12.2 Å². The second-order valence-electron chi connectivity index (χ2n) is 4.34. The molecule has 0 spiro atoms. The van der Waals surface area contributed by atoms with Crippen molar-refractivity contribution in [2.45, 2.75) is 51.4 Å². The van der Waals surface area contributed by atoms with Gasteiger partial charge in [0.25, 0.3) is 0 Å². The Bertz CT molecular complexity index is 262. The van der Waals surface area contributed by atoms with Crippen LogP contribution in [0.15, 0.2) is 12.2 Å². The second-order valence-corrected chi connectivity index (χ2v) is 4.34. The Morgan fingerprint density at radius 3 is 2.75 bits per heavy atom. The van der Waals surface area contributed by atoms with Crippen molar-refractivity contribution in [3.63, 3.8) is 0 Å². The summed E-state index contributed by atoms with van der Waals surface area (Å²) in [7, 11) is 0. The lowest BCUT2D eigenvalue weighted by molar-refractivity contribution is -0.142. The highest BCUT2D eigenvalue weighted by molar-refractivity contribution is 5.74. The highest BCUT2D eigenvalue weighted by atomic mass is 16.5. The molecule has 0 amide bonds. The van der Waals surface area contributed by atoms with Gasteiger partial charge >= 0.3 is 5.97 Å². The molecule has 0 aromatic carbocycles. The summed E-state index contributed by atoms with van der Waals surface area (Å²) >= 11 is 0. The van der Waals surface area contributed by atoms with Crippen LogP contribution in [0.25, 0.3) is 0 Å². The summed E-state index contributed by atoms with van der Waals surface area (Å²) in [5.74, 6) is -0.273. The average Bonchev–Trinajstić information content (AvgIpc) is 2.55. The lowest BCUT2D eigenvalue weighted by atomic mass is 10.1. The average molecular weight is 228 g/mol. The number of ether oxygens (including phenoxy) is 1. The van der Waals surface area contributed by atoms with E-state index >= 15 is 0 Å². The predicted molar refractivity (Wildman–Crippen MR) is 59.7 cm³/mol. The Labute approximate surface area is 95.9 Å². The molecule has 4 nitrogen and oxygen atoms in total. The maximum absolute atomic E-state index is 11.1. The van der Waals surface area contributed by atoms with Gasteiger partial charge in [-0.15, -0.1) is 0 Å². The molecule has 1 rings (SSSR count). The summed E-state index contributed by atoms with van der Waals surface area (Å²) in [5, 5.41) is 19.1. The number of hydrogen-bond donors (Lipinski definition) is 2. The zero-order valence-corrected chi connectivity index (χ0v) is 9.80. The molecule has 0 saturated carbocycles. The van der Waals surface area contributed by atoms with Gasteiger partial charge in [-0.25, -0.2) is 0 Å². The number of esters is 1. The number of rotatable bonds is 5. The summed E-state index contributed by atoms with van der Waals surface area (Å²) in [4.78, 5) is 11.1. The number of carbonyl (C=O) groups excluding carboxylic acids is 1. The number of aliphatic hydroxyl groups is 2. The van der Waals surface area contributed by atoms with Crippen LogP contribution >= 0.6 is 0 Å². The van der Waals surface area contributed by atoms with Crippen molar-refractivity contribution < 1.29 is 19.7 Å². The minimum atomic E-state index is -0.880. The molecule has 4 atom stereocenters. The molecule has 1 fully saturated rings. The first kappa shape index (κ1) is 13.2. The minimum absolute atomic E-state index is 0.0765. The van der Waals surface area contributed by atoms with Gasteiger partial charge in [0.05, 0.1) is 18.1 Å². The molecule has 0 bridgehead atoms. The van der Waals surface area contributed by atoms with Gasteiger partial charge in [-0.3, -0.25) is 4.79 Å². The third kappa shape index (κ3) is 3.61. The fourth-order valence-corrected chi connectivity index (χ4v) is 1.71. The van der Waals surface area contributed by atoms with Crippen LogP contribution in [-0.2, 0) is 9.53 Å². The highest BCUT2D eigenvalue weighted by Crippen LogP contribution is 2.21. The maximum atomic E-state index is 11.1. The van der Waals surface area contributed by atoms with Gasteiger partial charge in [-0.1, -0.05) is 26.3 Å². The van der Waals surface area contributed by atoms with E-state index in [2.05, 4.69) is 0 Å². The van der Waals surface area contributed by atoms with Crippen molar-refractivity contribution >= 4 is 5.97 Å². The Hall–Kier alpha value is -0.870. The molecule has 0 aromatic heterocycles. The molecule has 1 heterocycles. The first-order valence-corrected chi connectivity index (χ1v) is 5.79. The first-order chi connectivity index (χ1) is 7.54. The lowest BCUT2D eigenvalue weighted by Gasteiger charge is -2.13. The van der Waals surface area contributed by atoms with Gasteiger partial charge in [0.1, 0.15) is 6.10 Å². The third-order valence-corrected chi connectivity index (χ3v) is 2.76. The first-order valence-electron chi connectivity index (χ1n) is 5.79. The van der Waals surface area contributed by atoms with E-state index < -0.39 is 12.2 Å². The van der Waals surface area contributed by atoms with Crippen LogP contribution in [-0.4, -0.2) is 34.5 Å². The molecule has 16 heavy (non-hydrogen) atoms. The summed E-state index contributed by atoms with van der Waals surface area (Å²) in [5.41, 5.74) is 0. The van der Waals surface area contributed by atoms with Crippen molar-refractivity contribution in [2.24, 2.45) is 5.92 Å². The van der Waals surface area contributed by atoms with Gasteiger partial charge in [0, 0.05) is 6.42 Å². The summed E-state index contributed by atoms with van der Waals surface area (Å²) in [6.07, 6.45) is 3.32. The van der Waals surface area contributed by atoms with Crippen LogP contribution in [0.5, 0.6) is 0 Å². The van der Waals surface area contributed by atoms with Crippen LogP contribution in [0.1, 0.15) is 33.1 Å². The van der Waals surface area contributed by atoms with Crippen LogP contribution < -0.4 is 0 Å². The SMILES string of the molecule is CCC[C@@H](O)[C@@H](O)/C=C/[C@@H]1C[C@H](C)C(=O)O1. The standard InChI is InChI=1S/C12H20O4/c1-3-4-10(13)11(14)6-5-9-7-8(2)12(15)16-9/h5-6,8-11,13-14H,3-4,7H2,1-2H3/b6-5+/t8-,9+,10+,11-/m0/s1. The topological polar surface area (TPSA) is 66.8 Å². The van der Waals surface area contributed by atoms with Gasteiger partial charge in [0.2, 0.25) is 0 Å². The van der Waals surface area contributed by atoms with Gasteiger partial charge < -0.3 is 14.9 Å². The van der Waals surface area contributed by atoms with Gasteiger partial charge in [-0.2, -0.15) is 0 Å². The smallest absolute Gasteiger partial charge is 0.309 e. The Morgan fingerprint density at radius 1 is 1.56 bits per heavy atom. The van der Waals surface area contributed by atoms with Gasteiger partial charge in [-0.05, 0) is 12.5 Å². The van der Waals surface area contributed by atoms with Crippen molar-refractivity contribution in [1.29, 1.82) is 0 Å². The molecule has 0 unspecified atom stereocenters. The van der Waals surface area contributed by atoms with E-state index in [0.29, 0.717) is 12.8 Å². The van der Waals surface area contributed by atoms with Crippen LogP contribution in [0.3, 0.4) is 0 Å². The molecule has 4 heteroatoms. The zero-order chi connectivity index (χ0) is 12.1. The molecular formula is C12H20O4. The largest absolute Gasteiger partial charge is 0.458 e. The second kappa shape index (κ2) is 6.01. The van der Waals surface area contributed by atoms with Crippen molar-refractivity contribution in [3.8, 4) is 0 Å². The number of cyclic esters (lactones) is 1. The Kier molecular flexibility index (Phi) is 4.96. The van der Waals surface area contributed by atoms with E-state index in [1.54, 1.807) is 6.08 Å². The maximum Gasteiger partial charge on any atom is 0.309 e. The molecule has 1 aliphatic rings. The number of aliphatic hydroxyl groups excluding tert-OH is 2. The van der Waals surface area contributed by atoms with E-state index in [1.165, 1.54) is 6.08 Å². The zero-order valence-electron chi connectivity index (χ0n) is 9.80. The third-order valence-electron chi connectivity index (χ3n) is 2.76. The molecule has 0 radical (unpaired) electrons. The Balaban J connectivity index is 2.39. The van der Waals surface area contributed by atoms with E-state index in [0.717, 1.165) is 6.42 Å². The number of hydrogen-bond acceptors (Lipinski definition) is 4. The predicted octanol–water partition coefficient (Wildman–Crippen LogP) is 1.02. The van der Waals surface area contributed by atoms with E-state index in [4.69, 9.17) is 4.74 Å². The minimum Gasteiger partial charge on any atom is -0.458 e. The molecule has 0 aliphatic carbocycles. The van der Waals surface area contributed by atoms with Crippen LogP contribution in [0.2, 0.25) is 0 Å². The summed E-state index contributed by atoms with van der Waals surface area (Å²) in [6.45, 7) is 3.76. The lowest BCUT2D eigenvalue weighted by Crippen LogP contribution is -2.23. The van der Waals surface area contributed by atoms with Crippen molar-refractivity contribution in [2.75, 3.05) is 0 Å². The highest BCUT2D eigenvalue weighted by Gasteiger charge is 2.29. The normalized spacial score (nSPS) is 29.4. The fourth-order valence-electron chi connectivity index (χ4n) is 1.71. The quantitative estimate of drug-likeness (QED) is 0.544. The molecule has 2 N–H and O–H groups in total. The molecule has 1 saturated heterocycles. The van der Waals surface area contributed by atoms with Crippen molar-refractivity contribution in [1.82, 2.24) is 0 Å². The fraction of sp³-hybridized carbons (Fsp3) is 0.750. The van der Waals surface area contributed by atoms with Crippen LogP contribution in [0, 0.1) is 5.92 Å². The summed E-state index contributed by atoms with van der Waals surface area (Å²) in [6, 6.07) is 0. The monoisotopic (exact) mass is 228 g/mol. The molecule has 92 valence electrons. The Morgan fingerprint density at radius 2 is 2.25 bits per heavy atom. The number of carbonyl (C=O) groups is 1. The van der Waals surface area contributed by atoms with E-state index in [-0.39, 0.29) is 18.0 Å². The molecule has 1 aliphatic heterocycles. The summed E-state index contributed by atoms with van der Waals surface area (Å²) < 4.78 is 5.05. The van der Waals surface area contributed by atoms with Crippen LogP contribution in [0.4, 0.5) is 0 Å². The van der Waals surface area contributed by atoms with Gasteiger partial charge in [0.15, 0.2) is 0 Å². The van der Waals surface area contributed by atoms with E-state index in [1.807, 2.05) is 13.8 Å². The molecule has 0 aromatic rings.